The number of nitrogens with one attached hydrogen (secondary N) is 1. The van der Waals surface area contributed by atoms with Gasteiger partial charge in [0.15, 0.2) is 17.3 Å². The van der Waals surface area contributed by atoms with Gasteiger partial charge in [0.1, 0.15) is 11.7 Å². The molecule has 1 saturated heterocycles. The Bertz CT molecular complexity index is 1440. The summed E-state index contributed by atoms with van der Waals surface area (Å²) in [5.41, 5.74) is -0.521. The van der Waals surface area contributed by atoms with E-state index in [1.807, 2.05) is 27.7 Å². The van der Waals surface area contributed by atoms with Crippen molar-refractivity contribution < 1.29 is 30.1 Å². The fourth-order valence-electron chi connectivity index (χ4n) is 8.54. The topological polar surface area (TPSA) is 143 Å². The number of hydrogen-bond donors (Lipinski definition) is 1. The van der Waals surface area contributed by atoms with E-state index in [4.69, 9.17) is 1.37 Å². The average Bonchev–Trinajstić information content (AvgIpc) is 3.65. The van der Waals surface area contributed by atoms with Gasteiger partial charge in [-0.05, 0) is 74.0 Å². The number of carbonyl (C=O) groups is 6. The third-order valence-corrected chi connectivity index (χ3v) is 11.4. The molecule has 1 aromatic heterocycles. The second-order valence-corrected chi connectivity index (χ2v) is 16.2. The van der Waals surface area contributed by atoms with Gasteiger partial charge in [-0.2, -0.15) is 0 Å². The number of hydrogen-bond acceptors (Lipinski definition) is 8. The van der Waals surface area contributed by atoms with E-state index >= 15 is 0 Å². The maximum Gasteiger partial charge on any atom is 0.246 e. The predicted octanol–water partition coefficient (Wildman–Crippen LogP) is 5.72. The quantitative estimate of drug-likeness (QED) is 0.173. The molecule has 3 aliphatic carbocycles. The van der Waals surface area contributed by atoms with Crippen molar-refractivity contribution in [1.29, 1.82) is 0 Å². The van der Waals surface area contributed by atoms with E-state index in [0.29, 0.717) is 13.0 Å². The standard InChI is InChI=1S/C39H56N4O6/c1-5-10-26(35(47)33(46)19-24-15-16-24)20-32(45)34-28-14-9-13-27(28)23-43(34)38(49)36(39(2,3)4)42-37(48)29(25-11-7-6-8-12-25)21-31(44)30-22-40-17-18-41-30/h17-18,22,24-29,34,36H,5-16,19-21,23H2,1-4H3,(H,42,48)/t26-,27+,28+,29+,34+,36-/m1/s1/i26D. The van der Waals surface area contributed by atoms with Gasteiger partial charge in [0.05, 0.1) is 12.2 Å². The monoisotopic (exact) mass is 677 g/mol. The second-order valence-electron chi connectivity index (χ2n) is 16.2. The summed E-state index contributed by atoms with van der Waals surface area (Å²) >= 11 is 0. The van der Waals surface area contributed by atoms with Crippen molar-refractivity contribution in [2.24, 2.45) is 40.9 Å². The van der Waals surface area contributed by atoms with Crippen LogP contribution in [0.4, 0.5) is 0 Å². The maximum absolute atomic E-state index is 14.7. The van der Waals surface area contributed by atoms with E-state index in [1.165, 1.54) is 18.6 Å². The van der Waals surface area contributed by atoms with Crippen LogP contribution in [0.1, 0.15) is 136 Å². The number of likely N-dealkylation sites (tertiary alicyclic amines) is 1. The first-order valence-corrected chi connectivity index (χ1v) is 18.7. The van der Waals surface area contributed by atoms with Gasteiger partial charge in [-0.15, -0.1) is 0 Å². The fraction of sp³-hybridized carbons (Fsp3) is 0.744. The number of amides is 2. The second kappa shape index (κ2) is 16.2. The van der Waals surface area contributed by atoms with Gasteiger partial charge in [0.25, 0.3) is 0 Å². The summed E-state index contributed by atoms with van der Waals surface area (Å²) in [5.74, 6) is -4.97. The maximum atomic E-state index is 14.7. The molecule has 10 heteroatoms. The number of fused-ring (bicyclic) bond motifs is 1. The number of nitrogens with zero attached hydrogens (tertiary/aromatic N) is 3. The predicted molar refractivity (Wildman–Crippen MR) is 184 cm³/mol. The normalized spacial score (nSPS) is 25.4. The zero-order valence-corrected chi connectivity index (χ0v) is 29.9. The Labute approximate surface area is 292 Å². The summed E-state index contributed by atoms with van der Waals surface area (Å²) in [5, 5.41) is 3.07. The fourth-order valence-corrected chi connectivity index (χ4v) is 8.54. The lowest BCUT2D eigenvalue weighted by molar-refractivity contribution is -0.146. The van der Waals surface area contributed by atoms with Crippen molar-refractivity contribution in [3.63, 3.8) is 0 Å². The highest BCUT2D eigenvalue weighted by atomic mass is 16.2. The van der Waals surface area contributed by atoms with E-state index in [2.05, 4.69) is 15.3 Å². The van der Waals surface area contributed by atoms with Gasteiger partial charge in [-0.3, -0.25) is 33.8 Å². The van der Waals surface area contributed by atoms with Crippen LogP contribution in [0.3, 0.4) is 0 Å². The van der Waals surface area contributed by atoms with Crippen LogP contribution in [-0.2, 0) is 24.0 Å². The SMILES string of the molecule is [2H][C@@](CCC)(CC(=O)[C@@H]1[C@H]2CCC[C@H]2CN1C(=O)[C@@H](NC(=O)[C@@H](CC(=O)c1cnccn1)C1CCCCC1)C(C)(C)C)C(=O)C(=O)CC1CC1. The average molecular weight is 678 g/mol. The Morgan fingerprint density at radius 2 is 1.69 bits per heavy atom. The molecular formula is C39H56N4O6. The Kier molecular flexibility index (Phi) is 11.7. The number of aromatic nitrogens is 2. The van der Waals surface area contributed by atoms with Crippen LogP contribution < -0.4 is 5.32 Å². The minimum absolute atomic E-state index is 0.00975. The summed E-state index contributed by atoms with van der Waals surface area (Å²) in [6, 6.07) is -1.79. The van der Waals surface area contributed by atoms with Crippen molar-refractivity contribution in [2.45, 2.75) is 136 Å². The molecule has 0 bridgehead atoms. The Hall–Kier alpha value is -3.30. The van der Waals surface area contributed by atoms with Crippen molar-refractivity contribution >= 4 is 34.9 Å². The summed E-state index contributed by atoms with van der Waals surface area (Å²) in [6.07, 6.45) is 13.7. The Morgan fingerprint density at radius 1 is 0.959 bits per heavy atom. The number of Topliss-reactive ketones (excluding diaryl/α,β-unsaturated/α-hetero) is 4. The molecule has 1 N–H and O–H groups in total. The summed E-state index contributed by atoms with van der Waals surface area (Å²) in [6.45, 7) is 7.84. The van der Waals surface area contributed by atoms with Crippen LogP contribution in [0.2, 0.25) is 0 Å². The lowest BCUT2D eigenvalue weighted by atomic mass is 9.76. The van der Waals surface area contributed by atoms with Gasteiger partial charge in [-0.25, -0.2) is 4.98 Å². The van der Waals surface area contributed by atoms with Gasteiger partial charge < -0.3 is 10.2 Å². The third-order valence-electron chi connectivity index (χ3n) is 11.4. The van der Waals surface area contributed by atoms with E-state index < -0.39 is 47.3 Å². The highest BCUT2D eigenvalue weighted by molar-refractivity contribution is 6.38. The molecule has 49 heavy (non-hydrogen) atoms. The lowest BCUT2D eigenvalue weighted by Gasteiger charge is -2.38. The molecule has 4 aliphatic rings. The lowest BCUT2D eigenvalue weighted by Crippen LogP contribution is -2.58. The summed E-state index contributed by atoms with van der Waals surface area (Å²) < 4.78 is 9.13. The number of carbonyl (C=O) groups excluding carboxylic acids is 6. The van der Waals surface area contributed by atoms with Crippen molar-refractivity contribution in [2.75, 3.05) is 6.54 Å². The molecule has 5 rings (SSSR count). The first-order valence-electron chi connectivity index (χ1n) is 19.2. The largest absolute Gasteiger partial charge is 0.344 e. The minimum Gasteiger partial charge on any atom is -0.344 e. The van der Waals surface area contributed by atoms with Crippen LogP contribution in [0.25, 0.3) is 0 Å². The van der Waals surface area contributed by atoms with Crippen LogP contribution in [0.5, 0.6) is 0 Å². The molecule has 1 aromatic rings. The molecule has 6 atom stereocenters. The molecule has 2 amide bonds. The Morgan fingerprint density at radius 3 is 2.33 bits per heavy atom. The van der Waals surface area contributed by atoms with Crippen LogP contribution in [-0.4, -0.2) is 68.4 Å². The third kappa shape index (κ3) is 9.09. The molecule has 0 unspecified atom stereocenters. The van der Waals surface area contributed by atoms with Crippen LogP contribution >= 0.6 is 0 Å². The summed E-state index contributed by atoms with van der Waals surface area (Å²) in [4.78, 5) is 92.6. The molecule has 10 nitrogen and oxygen atoms in total. The highest BCUT2D eigenvalue weighted by Crippen LogP contribution is 2.44. The van der Waals surface area contributed by atoms with Gasteiger partial charge in [0, 0.05) is 51.4 Å². The molecule has 268 valence electrons. The number of ketones is 4. The van der Waals surface area contributed by atoms with Crippen LogP contribution in [0, 0.1) is 40.9 Å². The number of rotatable bonds is 16. The Balaban J connectivity index is 1.38. The zero-order valence-electron chi connectivity index (χ0n) is 30.9. The molecule has 1 aliphatic heterocycles. The molecule has 0 aromatic carbocycles. The van der Waals surface area contributed by atoms with E-state index in [1.54, 1.807) is 4.90 Å². The van der Waals surface area contributed by atoms with Gasteiger partial charge >= 0.3 is 0 Å². The highest BCUT2D eigenvalue weighted by Gasteiger charge is 2.52. The van der Waals surface area contributed by atoms with Crippen molar-refractivity contribution in [3.8, 4) is 0 Å². The molecule has 3 saturated carbocycles. The molecule has 0 radical (unpaired) electrons. The first-order chi connectivity index (χ1) is 23.7. The first kappa shape index (κ1) is 35.5. The van der Waals surface area contributed by atoms with Crippen molar-refractivity contribution in [3.05, 3.63) is 24.3 Å². The van der Waals surface area contributed by atoms with E-state index in [9.17, 15) is 28.8 Å². The minimum atomic E-state index is -1.86. The molecular weight excluding hydrogens is 620 g/mol. The van der Waals surface area contributed by atoms with E-state index in [0.717, 1.165) is 64.2 Å². The smallest absolute Gasteiger partial charge is 0.246 e. The zero-order chi connectivity index (χ0) is 36.2. The van der Waals surface area contributed by atoms with Crippen molar-refractivity contribution in [1.82, 2.24) is 20.2 Å². The van der Waals surface area contributed by atoms with E-state index in [-0.39, 0.29) is 72.0 Å². The molecule has 0 spiro atoms. The van der Waals surface area contributed by atoms with Crippen LogP contribution in [0.15, 0.2) is 18.6 Å². The van der Waals surface area contributed by atoms with Gasteiger partial charge in [0.2, 0.25) is 17.6 Å². The summed E-state index contributed by atoms with van der Waals surface area (Å²) in [7, 11) is 0. The van der Waals surface area contributed by atoms with Gasteiger partial charge in [-0.1, -0.05) is 59.8 Å². The molecule has 4 fully saturated rings. The molecule has 2 heterocycles.